The molecular weight excluding hydrogens is 296 g/mol. The number of carbonyl (C=O) groups excluding carboxylic acids is 1. The van der Waals surface area contributed by atoms with Gasteiger partial charge in [0.05, 0.1) is 24.5 Å². The number of carbonyl (C=O) groups is 1. The van der Waals surface area contributed by atoms with Gasteiger partial charge in [0, 0.05) is 13.1 Å². The Labute approximate surface area is 117 Å². The van der Waals surface area contributed by atoms with Crippen molar-refractivity contribution in [1.29, 1.82) is 0 Å². The van der Waals surface area contributed by atoms with Crippen LogP contribution >= 0.6 is 0 Å². The number of benzene rings is 1. The lowest BCUT2D eigenvalue weighted by Gasteiger charge is -2.21. The molecule has 0 heterocycles. The number of rotatable bonds is 5. The molecule has 1 aromatic carbocycles. The molecule has 0 aromatic heterocycles. The number of hydrogen-bond donors (Lipinski definition) is 3. The Morgan fingerprint density at radius 2 is 1.76 bits per heavy atom. The molecule has 0 fully saturated rings. The van der Waals surface area contributed by atoms with Crippen LogP contribution in [0.15, 0.2) is 18.2 Å². The Morgan fingerprint density at radius 1 is 1.19 bits per heavy atom. The first-order chi connectivity index (χ1) is 9.79. The van der Waals surface area contributed by atoms with Crippen molar-refractivity contribution < 1.29 is 32.6 Å². The number of amides is 2. The summed E-state index contributed by atoms with van der Waals surface area (Å²) in [7, 11) is 0. The van der Waals surface area contributed by atoms with Gasteiger partial charge >= 0.3 is 12.2 Å². The summed E-state index contributed by atoms with van der Waals surface area (Å²) in [6.07, 6.45) is -4.66. The van der Waals surface area contributed by atoms with Gasteiger partial charge in [0.2, 0.25) is 0 Å². The Bertz CT molecular complexity index is 488. The third-order valence-electron chi connectivity index (χ3n) is 2.56. The predicted octanol–water partition coefficient (Wildman–Crippen LogP) is 1.66. The number of aliphatic hydroxyl groups is 2. The molecule has 21 heavy (non-hydrogen) atoms. The first kappa shape index (κ1) is 17.2. The zero-order valence-electron chi connectivity index (χ0n) is 10.8. The Balaban J connectivity index is 2.93. The molecule has 0 saturated carbocycles. The van der Waals surface area contributed by atoms with E-state index in [2.05, 4.69) is 0 Å². The smallest absolute Gasteiger partial charge is 0.395 e. The SMILES string of the molecule is O=C(Nc1cc(C(F)(F)F)ccc1F)N(CCO)CCO. The van der Waals surface area contributed by atoms with Crippen molar-refractivity contribution in [2.45, 2.75) is 6.18 Å². The van der Waals surface area contributed by atoms with Crippen LogP contribution in [0.1, 0.15) is 5.56 Å². The van der Waals surface area contributed by atoms with E-state index in [-0.39, 0.29) is 13.1 Å². The molecule has 118 valence electrons. The van der Waals surface area contributed by atoms with Crippen LogP contribution in [0.25, 0.3) is 0 Å². The van der Waals surface area contributed by atoms with E-state index in [0.717, 1.165) is 4.90 Å². The van der Waals surface area contributed by atoms with E-state index in [0.29, 0.717) is 18.2 Å². The lowest BCUT2D eigenvalue weighted by molar-refractivity contribution is -0.137. The van der Waals surface area contributed by atoms with Crippen LogP contribution in [-0.4, -0.2) is 47.4 Å². The fourth-order valence-corrected chi connectivity index (χ4v) is 1.55. The molecule has 0 aliphatic carbocycles. The fourth-order valence-electron chi connectivity index (χ4n) is 1.55. The lowest BCUT2D eigenvalue weighted by atomic mass is 10.2. The highest BCUT2D eigenvalue weighted by molar-refractivity contribution is 5.89. The van der Waals surface area contributed by atoms with Gasteiger partial charge in [0.1, 0.15) is 5.82 Å². The van der Waals surface area contributed by atoms with Crippen LogP contribution in [0.3, 0.4) is 0 Å². The predicted molar refractivity (Wildman–Crippen MR) is 66.2 cm³/mol. The maximum Gasteiger partial charge on any atom is 0.416 e. The number of halogens is 4. The molecule has 1 rings (SSSR count). The summed E-state index contributed by atoms with van der Waals surface area (Å²) in [6, 6.07) is 0.713. The number of nitrogens with one attached hydrogen (secondary N) is 1. The largest absolute Gasteiger partial charge is 0.416 e. The second kappa shape index (κ2) is 7.23. The minimum Gasteiger partial charge on any atom is -0.395 e. The van der Waals surface area contributed by atoms with Crippen molar-refractivity contribution in [1.82, 2.24) is 4.90 Å². The highest BCUT2D eigenvalue weighted by atomic mass is 19.4. The van der Waals surface area contributed by atoms with Crippen LogP contribution < -0.4 is 5.32 Å². The van der Waals surface area contributed by atoms with E-state index < -0.39 is 42.5 Å². The van der Waals surface area contributed by atoms with E-state index in [1.165, 1.54) is 0 Å². The topological polar surface area (TPSA) is 72.8 Å². The van der Waals surface area contributed by atoms with Gasteiger partial charge < -0.3 is 20.4 Å². The highest BCUT2D eigenvalue weighted by Crippen LogP contribution is 2.31. The lowest BCUT2D eigenvalue weighted by Crippen LogP contribution is -2.39. The average Bonchev–Trinajstić information content (AvgIpc) is 2.39. The minimum atomic E-state index is -4.66. The Morgan fingerprint density at radius 3 is 2.24 bits per heavy atom. The highest BCUT2D eigenvalue weighted by Gasteiger charge is 2.31. The number of hydrogen-bond acceptors (Lipinski definition) is 3. The van der Waals surface area contributed by atoms with Crippen LogP contribution in [-0.2, 0) is 6.18 Å². The first-order valence-electron chi connectivity index (χ1n) is 5.94. The minimum absolute atomic E-state index is 0.146. The van der Waals surface area contributed by atoms with Gasteiger partial charge in [-0.05, 0) is 18.2 Å². The zero-order valence-corrected chi connectivity index (χ0v) is 10.8. The summed E-state index contributed by atoms with van der Waals surface area (Å²) >= 11 is 0. The number of anilines is 1. The van der Waals surface area contributed by atoms with Crippen molar-refractivity contribution in [3.63, 3.8) is 0 Å². The van der Waals surface area contributed by atoms with E-state index in [1.807, 2.05) is 5.32 Å². The van der Waals surface area contributed by atoms with Crippen molar-refractivity contribution >= 4 is 11.7 Å². The number of urea groups is 1. The molecule has 0 spiro atoms. The molecule has 0 atom stereocenters. The number of nitrogens with zero attached hydrogens (tertiary/aromatic N) is 1. The molecule has 1 aromatic rings. The molecule has 0 unspecified atom stereocenters. The summed E-state index contributed by atoms with van der Waals surface area (Å²) in [4.78, 5) is 12.7. The van der Waals surface area contributed by atoms with Gasteiger partial charge in [-0.3, -0.25) is 0 Å². The zero-order chi connectivity index (χ0) is 16.0. The monoisotopic (exact) mass is 310 g/mol. The van der Waals surface area contributed by atoms with Gasteiger partial charge in [-0.2, -0.15) is 13.2 Å². The summed E-state index contributed by atoms with van der Waals surface area (Å²) in [5.41, 5.74) is -1.73. The summed E-state index contributed by atoms with van der Waals surface area (Å²) in [5.74, 6) is -1.02. The van der Waals surface area contributed by atoms with Gasteiger partial charge in [-0.15, -0.1) is 0 Å². The maximum atomic E-state index is 13.5. The molecule has 0 bridgehead atoms. The molecule has 0 aliphatic rings. The first-order valence-corrected chi connectivity index (χ1v) is 5.94. The molecule has 0 radical (unpaired) electrons. The quantitative estimate of drug-likeness (QED) is 0.724. The molecule has 0 aliphatic heterocycles. The molecule has 3 N–H and O–H groups in total. The third-order valence-corrected chi connectivity index (χ3v) is 2.56. The Hall–Kier alpha value is -1.87. The van der Waals surface area contributed by atoms with Crippen LogP contribution in [0, 0.1) is 5.82 Å². The van der Waals surface area contributed by atoms with Gasteiger partial charge in [-0.1, -0.05) is 0 Å². The van der Waals surface area contributed by atoms with E-state index in [4.69, 9.17) is 10.2 Å². The Kier molecular flexibility index (Phi) is 5.91. The number of alkyl halides is 3. The summed E-state index contributed by atoms with van der Waals surface area (Å²) < 4.78 is 51.0. The summed E-state index contributed by atoms with van der Waals surface area (Å²) in [5, 5.41) is 19.5. The van der Waals surface area contributed by atoms with Gasteiger partial charge in [0.25, 0.3) is 0 Å². The van der Waals surface area contributed by atoms with Crippen molar-refractivity contribution in [2.24, 2.45) is 0 Å². The second-order valence-corrected chi connectivity index (χ2v) is 4.06. The third kappa shape index (κ3) is 4.87. The molecule has 2 amide bonds. The molecular formula is C12H14F4N2O3. The van der Waals surface area contributed by atoms with E-state index >= 15 is 0 Å². The van der Waals surface area contributed by atoms with Crippen LogP contribution in [0.5, 0.6) is 0 Å². The molecule has 5 nitrogen and oxygen atoms in total. The van der Waals surface area contributed by atoms with Gasteiger partial charge in [0.15, 0.2) is 0 Å². The molecule has 0 saturated heterocycles. The average molecular weight is 310 g/mol. The van der Waals surface area contributed by atoms with Crippen molar-refractivity contribution in [3.8, 4) is 0 Å². The summed E-state index contributed by atoms with van der Waals surface area (Å²) in [6.45, 7) is -1.10. The van der Waals surface area contributed by atoms with Crippen LogP contribution in [0.2, 0.25) is 0 Å². The van der Waals surface area contributed by atoms with Crippen LogP contribution in [0.4, 0.5) is 28.0 Å². The number of aliphatic hydroxyl groups excluding tert-OH is 2. The standard InChI is InChI=1S/C12H14F4N2O3/c13-9-2-1-8(12(14,15)16)7-10(9)17-11(21)18(3-5-19)4-6-20/h1-2,7,19-20H,3-6H2,(H,17,21). The maximum absolute atomic E-state index is 13.5. The van der Waals surface area contributed by atoms with Gasteiger partial charge in [-0.25, -0.2) is 9.18 Å². The van der Waals surface area contributed by atoms with Crippen molar-refractivity contribution in [2.75, 3.05) is 31.6 Å². The molecule has 9 heteroatoms. The fraction of sp³-hybridized carbons (Fsp3) is 0.417. The normalized spacial score (nSPS) is 11.3. The second-order valence-electron chi connectivity index (χ2n) is 4.06. The van der Waals surface area contributed by atoms with E-state index in [9.17, 15) is 22.4 Å². The van der Waals surface area contributed by atoms with E-state index in [1.54, 1.807) is 0 Å². The van der Waals surface area contributed by atoms with Crippen molar-refractivity contribution in [3.05, 3.63) is 29.6 Å².